The minimum atomic E-state index is 1.08. The summed E-state index contributed by atoms with van der Waals surface area (Å²) in [5.74, 6) is 0. The Labute approximate surface area is 354 Å². The Kier molecular flexibility index (Phi) is 8.17. The molecule has 10 aromatic carbocycles. The number of benzene rings is 10. The number of hydrogen-bond donors (Lipinski definition) is 0. The molecule has 0 unspecified atom stereocenters. The quantitative estimate of drug-likeness (QED) is 0.157. The molecule has 0 saturated heterocycles. The van der Waals surface area contributed by atoms with Crippen LogP contribution < -0.4 is 4.90 Å². The summed E-state index contributed by atoms with van der Waals surface area (Å²) in [5.41, 5.74) is 15.0. The molecule has 12 rings (SSSR count). The Morgan fingerprint density at radius 2 is 0.820 bits per heavy atom. The molecule has 0 aliphatic heterocycles. The molecular formula is C58H39N3. The SMILES string of the molecule is c1ccc(-n2c3ccccc3c3cccc(-c4ccc(N(c5ccc(-c6ccc7ccccc7c6)cc5)c5ccccc5-n5c6ccccc6c6ccccc65)cc4)c32)cc1. The van der Waals surface area contributed by atoms with Crippen LogP contribution >= 0.6 is 0 Å². The summed E-state index contributed by atoms with van der Waals surface area (Å²) in [5, 5.41) is 7.47. The maximum absolute atomic E-state index is 2.42. The number of hydrogen-bond acceptors (Lipinski definition) is 1. The van der Waals surface area contributed by atoms with Crippen molar-refractivity contribution in [1.82, 2.24) is 9.13 Å². The van der Waals surface area contributed by atoms with Crippen molar-refractivity contribution in [1.29, 1.82) is 0 Å². The fraction of sp³-hybridized carbons (Fsp3) is 0. The number of nitrogens with zero attached hydrogens (tertiary/aromatic N) is 3. The molecule has 0 spiro atoms. The van der Waals surface area contributed by atoms with Crippen molar-refractivity contribution in [2.24, 2.45) is 0 Å². The molecule has 0 bridgehead atoms. The van der Waals surface area contributed by atoms with E-state index in [0.29, 0.717) is 0 Å². The fourth-order valence-electron chi connectivity index (χ4n) is 9.51. The lowest BCUT2D eigenvalue weighted by Gasteiger charge is -2.28. The molecular weight excluding hydrogens is 739 g/mol. The number of anilines is 3. The van der Waals surface area contributed by atoms with Gasteiger partial charge in [0.15, 0.2) is 0 Å². The lowest BCUT2D eigenvalue weighted by molar-refractivity contribution is 1.15. The lowest BCUT2D eigenvalue weighted by atomic mass is 10.00. The molecule has 0 atom stereocenters. The van der Waals surface area contributed by atoms with Gasteiger partial charge in [0.1, 0.15) is 0 Å². The van der Waals surface area contributed by atoms with Crippen molar-refractivity contribution in [3.05, 3.63) is 237 Å². The van der Waals surface area contributed by atoms with Crippen LogP contribution in [0, 0.1) is 0 Å². The van der Waals surface area contributed by atoms with Crippen molar-refractivity contribution in [2.45, 2.75) is 0 Å². The van der Waals surface area contributed by atoms with Crippen LogP contribution in [0.15, 0.2) is 237 Å². The zero-order chi connectivity index (χ0) is 40.3. The van der Waals surface area contributed by atoms with Gasteiger partial charge in [-0.05, 0) is 100 Å². The standard InChI is InChI=1S/C58H39N3/c1-2-17-45(18-3-1)60-53-24-9-8-21-51(53)52-23-14-22-48(58(52)60)42-33-37-47(38-34-42)59(46-35-31-41(32-36-46)44-30-29-40-15-4-5-16-43(40)39-44)56-27-12-13-28-57(56)61-54-25-10-6-19-49(54)50-20-7-11-26-55(50)61/h1-39H. The first-order valence-corrected chi connectivity index (χ1v) is 20.9. The van der Waals surface area contributed by atoms with E-state index in [1.807, 2.05) is 0 Å². The van der Waals surface area contributed by atoms with Crippen LogP contribution in [0.25, 0.3) is 88.0 Å². The molecule has 286 valence electrons. The van der Waals surface area contributed by atoms with E-state index in [0.717, 1.165) is 34.0 Å². The fourth-order valence-corrected chi connectivity index (χ4v) is 9.51. The van der Waals surface area contributed by atoms with E-state index in [2.05, 4.69) is 251 Å². The summed E-state index contributed by atoms with van der Waals surface area (Å²) in [6.45, 7) is 0. The molecule has 0 amide bonds. The smallest absolute Gasteiger partial charge is 0.0702 e. The molecule has 61 heavy (non-hydrogen) atoms. The van der Waals surface area contributed by atoms with Gasteiger partial charge in [0.2, 0.25) is 0 Å². The highest BCUT2D eigenvalue weighted by atomic mass is 15.2. The van der Waals surface area contributed by atoms with Crippen molar-refractivity contribution in [2.75, 3.05) is 4.90 Å². The van der Waals surface area contributed by atoms with Gasteiger partial charge < -0.3 is 14.0 Å². The van der Waals surface area contributed by atoms with Crippen molar-refractivity contribution in [3.63, 3.8) is 0 Å². The van der Waals surface area contributed by atoms with E-state index in [-0.39, 0.29) is 0 Å². The van der Waals surface area contributed by atoms with Gasteiger partial charge in [-0.2, -0.15) is 0 Å². The third kappa shape index (κ3) is 5.74. The number of para-hydroxylation sites is 7. The predicted molar refractivity (Wildman–Crippen MR) is 258 cm³/mol. The van der Waals surface area contributed by atoms with E-state index in [1.165, 1.54) is 71.1 Å². The highest BCUT2D eigenvalue weighted by Crippen LogP contribution is 2.44. The normalized spacial score (nSPS) is 11.6. The molecule has 0 saturated carbocycles. The molecule has 2 heterocycles. The van der Waals surface area contributed by atoms with Gasteiger partial charge in [0.25, 0.3) is 0 Å². The Hall–Kier alpha value is -8.14. The third-order valence-electron chi connectivity index (χ3n) is 12.3. The van der Waals surface area contributed by atoms with E-state index in [9.17, 15) is 0 Å². The second kappa shape index (κ2) is 14.3. The largest absolute Gasteiger partial charge is 0.309 e. The summed E-state index contributed by atoms with van der Waals surface area (Å²) < 4.78 is 4.84. The number of fused-ring (bicyclic) bond motifs is 7. The van der Waals surface area contributed by atoms with Crippen molar-refractivity contribution in [3.8, 4) is 33.6 Å². The van der Waals surface area contributed by atoms with E-state index < -0.39 is 0 Å². The van der Waals surface area contributed by atoms with Crippen LogP contribution in [0.3, 0.4) is 0 Å². The number of rotatable bonds is 7. The number of aromatic nitrogens is 2. The average molecular weight is 778 g/mol. The lowest BCUT2D eigenvalue weighted by Crippen LogP contribution is -2.13. The molecule has 12 aromatic rings. The predicted octanol–water partition coefficient (Wildman–Crippen LogP) is 15.8. The van der Waals surface area contributed by atoms with Gasteiger partial charge in [0.05, 0.1) is 33.4 Å². The minimum Gasteiger partial charge on any atom is -0.309 e. The Balaban J connectivity index is 1.04. The molecule has 0 aliphatic rings. The molecule has 2 aromatic heterocycles. The molecule has 0 radical (unpaired) electrons. The first-order chi connectivity index (χ1) is 30.3. The summed E-state index contributed by atoms with van der Waals surface area (Å²) in [6, 6.07) is 85.9. The van der Waals surface area contributed by atoms with Gasteiger partial charge in [-0.15, -0.1) is 0 Å². The van der Waals surface area contributed by atoms with E-state index in [4.69, 9.17) is 0 Å². The van der Waals surface area contributed by atoms with Gasteiger partial charge in [0, 0.05) is 44.2 Å². The first-order valence-electron chi connectivity index (χ1n) is 20.9. The van der Waals surface area contributed by atoms with Gasteiger partial charge >= 0.3 is 0 Å². The zero-order valence-corrected chi connectivity index (χ0v) is 33.4. The van der Waals surface area contributed by atoms with Crippen molar-refractivity contribution >= 4 is 71.4 Å². The van der Waals surface area contributed by atoms with Gasteiger partial charge in [-0.25, -0.2) is 0 Å². The van der Waals surface area contributed by atoms with Crippen LogP contribution in [0.5, 0.6) is 0 Å². The summed E-state index contributed by atoms with van der Waals surface area (Å²) in [4.78, 5) is 2.41. The summed E-state index contributed by atoms with van der Waals surface area (Å²) in [7, 11) is 0. The van der Waals surface area contributed by atoms with Crippen molar-refractivity contribution < 1.29 is 0 Å². The van der Waals surface area contributed by atoms with Crippen LogP contribution in [0.4, 0.5) is 17.1 Å². The average Bonchev–Trinajstić information content (AvgIpc) is 3.86. The molecule has 0 fully saturated rings. The third-order valence-corrected chi connectivity index (χ3v) is 12.3. The zero-order valence-electron chi connectivity index (χ0n) is 33.4. The summed E-state index contributed by atoms with van der Waals surface area (Å²) in [6.07, 6.45) is 0. The highest BCUT2D eigenvalue weighted by molar-refractivity contribution is 6.14. The topological polar surface area (TPSA) is 13.1 Å². The van der Waals surface area contributed by atoms with E-state index in [1.54, 1.807) is 0 Å². The Morgan fingerprint density at radius 1 is 0.311 bits per heavy atom. The van der Waals surface area contributed by atoms with Crippen LogP contribution in [-0.2, 0) is 0 Å². The highest BCUT2D eigenvalue weighted by Gasteiger charge is 2.22. The first kappa shape index (κ1) is 34.9. The maximum atomic E-state index is 2.42. The minimum absolute atomic E-state index is 1.08. The second-order valence-corrected chi connectivity index (χ2v) is 15.7. The van der Waals surface area contributed by atoms with Crippen LogP contribution in [0.2, 0.25) is 0 Å². The monoisotopic (exact) mass is 777 g/mol. The molecule has 0 aliphatic carbocycles. The molecule has 3 nitrogen and oxygen atoms in total. The summed E-state index contributed by atoms with van der Waals surface area (Å²) >= 11 is 0. The van der Waals surface area contributed by atoms with E-state index >= 15 is 0 Å². The second-order valence-electron chi connectivity index (χ2n) is 15.7. The maximum Gasteiger partial charge on any atom is 0.0702 e. The Morgan fingerprint density at radius 3 is 1.51 bits per heavy atom. The van der Waals surface area contributed by atoms with Crippen LogP contribution in [-0.4, -0.2) is 9.13 Å². The molecule has 3 heteroatoms. The van der Waals surface area contributed by atoms with Gasteiger partial charge in [-0.3, -0.25) is 0 Å². The van der Waals surface area contributed by atoms with Crippen LogP contribution in [0.1, 0.15) is 0 Å². The molecule has 0 N–H and O–H groups in total. The van der Waals surface area contributed by atoms with Gasteiger partial charge in [-0.1, -0.05) is 164 Å². The Bertz CT molecular complexity index is 3520.